The number of ether oxygens (including phenoxy) is 7. The maximum absolute atomic E-state index is 13.6. The van der Waals surface area contributed by atoms with Crippen LogP contribution in [-0.4, -0.2) is 92.2 Å². The van der Waals surface area contributed by atoms with E-state index in [1.165, 1.54) is 0 Å². The summed E-state index contributed by atoms with van der Waals surface area (Å²) in [6, 6.07) is 3.62. The number of esters is 1. The summed E-state index contributed by atoms with van der Waals surface area (Å²) in [4.78, 5) is 19.5. The Morgan fingerprint density at radius 1 is 1.00 bits per heavy atom. The molecule has 49 heavy (non-hydrogen) atoms. The van der Waals surface area contributed by atoms with Crippen molar-refractivity contribution in [3.8, 4) is 17.2 Å². The lowest BCUT2D eigenvalue weighted by molar-refractivity contribution is -0.288. The molecule has 0 saturated carbocycles. The Morgan fingerprint density at radius 3 is 2.20 bits per heavy atom. The summed E-state index contributed by atoms with van der Waals surface area (Å²) in [6.07, 6.45) is -1.23. The molecule has 2 aliphatic heterocycles. The van der Waals surface area contributed by atoms with Crippen LogP contribution in [0.3, 0.4) is 0 Å². The molecule has 1 aromatic carbocycles. The van der Waals surface area contributed by atoms with Gasteiger partial charge in [-0.1, -0.05) is 25.6 Å². The van der Waals surface area contributed by atoms with Crippen LogP contribution >= 0.6 is 0 Å². The Kier molecular flexibility index (Phi) is 14.4. The maximum Gasteiger partial charge on any atom is 0.312 e. The van der Waals surface area contributed by atoms with Gasteiger partial charge in [0.2, 0.25) is 5.75 Å². The van der Waals surface area contributed by atoms with Crippen LogP contribution in [0.15, 0.2) is 29.4 Å². The van der Waals surface area contributed by atoms with Gasteiger partial charge in [-0.05, 0) is 89.5 Å². The number of aliphatic hydroxyl groups is 2. The summed E-state index contributed by atoms with van der Waals surface area (Å²) >= 11 is 0. The van der Waals surface area contributed by atoms with E-state index in [1.54, 1.807) is 56.1 Å². The van der Waals surface area contributed by atoms with Crippen LogP contribution in [0.1, 0.15) is 86.1 Å². The van der Waals surface area contributed by atoms with Gasteiger partial charge in [-0.3, -0.25) is 4.79 Å². The lowest BCUT2D eigenvalue weighted by Crippen LogP contribution is -2.57. The standard InChI is InChI=1S/C37H59NO11/c1-21-13-14-28(38-46-20-27-16-29(42-9)33(44-11)30(17-27)43-10)23(3)18-36(7,41)26(6)48-35(40)24(4)32(22(2)15-21)49-31-19-37(8,45-12)34(39)25(5)47-31/h16-17,21,23-26,31-32,34,39,41H,2,13-15,18-20H2,1,3-12H3/b38-28+/t21-,23+,24+,25?,26+,31?,32-,34?,36-,37?/m0/s1. The Bertz CT molecular complexity index is 1270. The topological polar surface area (TPSA) is 144 Å². The first-order valence-electron chi connectivity index (χ1n) is 17.1. The van der Waals surface area contributed by atoms with Crippen molar-refractivity contribution in [2.24, 2.45) is 22.9 Å². The molecule has 0 aromatic heterocycles. The van der Waals surface area contributed by atoms with Crippen molar-refractivity contribution in [1.82, 2.24) is 0 Å². The Labute approximate surface area is 292 Å². The molecule has 278 valence electrons. The van der Waals surface area contributed by atoms with E-state index in [1.807, 2.05) is 26.0 Å². The summed E-state index contributed by atoms with van der Waals surface area (Å²) < 4.78 is 40.4. The number of carbonyl (C=O) groups excluding carboxylic acids is 1. The quantitative estimate of drug-likeness (QED) is 0.190. The zero-order valence-electron chi connectivity index (χ0n) is 31.2. The highest BCUT2D eigenvalue weighted by Crippen LogP contribution is 2.39. The molecule has 4 unspecified atom stereocenters. The molecule has 12 heteroatoms. The number of aliphatic hydroxyl groups excluding tert-OH is 1. The SMILES string of the molecule is C=C1C[C@@H](C)CC/C(=N\OCc2cc(OC)c(OC)c(OC)c2)[C@H](C)C[C@](C)(O)[C@@H](C)OC(=O)[C@H](C)[C@H]1OC1CC(C)(OC)C(O)C(C)O1. The predicted octanol–water partition coefficient (Wildman–Crippen LogP) is 5.59. The van der Waals surface area contributed by atoms with Gasteiger partial charge in [0.05, 0.1) is 56.4 Å². The normalized spacial score (nSPS) is 36.1. The van der Waals surface area contributed by atoms with Crippen molar-refractivity contribution in [3.63, 3.8) is 0 Å². The smallest absolute Gasteiger partial charge is 0.312 e. The van der Waals surface area contributed by atoms with Gasteiger partial charge in [-0.15, -0.1) is 0 Å². The Balaban J connectivity index is 1.86. The molecule has 0 amide bonds. The number of hydrogen-bond acceptors (Lipinski definition) is 12. The summed E-state index contributed by atoms with van der Waals surface area (Å²) in [5.41, 5.74) is 0.0221. The van der Waals surface area contributed by atoms with Crippen LogP contribution < -0.4 is 14.2 Å². The van der Waals surface area contributed by atoms with Crippen molar-refractivity contribution in [3.05, 3.63) is 29.8 Å². The lowest BCUT2D eigenvalue weighted by atomic mass is 9.83. The molecule has 3 rings (SSSR count). The van der Waals surface area contributed by atoms with E-state index in [0.717, 1.165) is 23.3 Å². The second-order valence-corrected chi connectivity index (χ2v) is 14.2. The van der Waals surface area contributed by atoms with Gasteiger partial charge in [0.15, 0.2) is 17.8 Å². The van der Waals surface area contributed by atoms with E-state index in [9.17, 15) is 15.0 Å². The predicted molar refractivity (Wildman–Crippen MR) is 185 cm³/mol. The first kappa shape index (κ1) is 40.5. The van der Waals surface area contributed by atoms with Crippen molar-refractivity contribution in [1.29, 1.82) is 0 Å². The number of methoxy groups -OCH3 is 4. The van der Waals surface area contributed by atoms with E-state index in [4.69, 9.17) is 38.0 Å². The minimum atomic E-state index is -1.37. The average Bonchev–Trinajstić information content (AvgIpc) is 3.05. The van der Waals surface area contributed by atoms with Gasteiger partial charge in [-0.2, -0.15) is 0 Å². The van der Waals surface area contributed by atoms with Crippen LogP contribution in [0, 0.1) is 17.8 Å². The molecule has 12 nitrogen and oxygen atoms in total. The average molecular weight is 694 g/mol. The molecule has 0 bridgehead atoms. The molecule has 0 radical (unpaired) electrons. The number of benzene rings is 1. The van der Waals surface area contributed by atoms with E-state index >= 15 is 0 Å². The molecule has 1 aromatic rings. The highest BCUT2D eigenvalue weighted by atomic mass is 16.7. The Hall–Kier alpha value is -2.90. The van der Waals surface area contributed by atoms with Crippen LogP contribution in [0.4, 0.5) is 0 Å². The van der Waals surface area contributed by atoms with Crippen molar-refractivity contribution >= 4 is 11.7 Å². The van der Waals surface area contributed by atoms with Gasteiger partial charge >= 0.3 is 5.97 Å². The number of cyclic esters (lactones) is 1. The lowest BCUT2D eigenvalue weighted by Gasteiger charge is -2.45. The minimum absolute atomic E-state index is 0.147. The number of carbonyl (C=O) groups is 1. The fourth-order valence-electron chi connectivity index (χ4n) is 6.61. The van der Waals surface area contributed by atoms with E-state index in [0.29, 0.717) is 30.1 Å². The van der Waals surface area contributed by atoms with Gasteiger partial charge in [0.1, 0.15) is 18.8 Å². The summed E-state index contributed by atoms with van der Waals surface area (Å²) in [7, 11) is 6.21. The molecule has 10 atom stereocenters. The van der Waals surface area contributed by atoms with E-state index < -0.39 is 53.8 Å². The van der Waals surface area contributed by atoms with Crippen LogP contribution in [-0.2, 0) is 35.2 Å². The first-order valence-corrected chi connectivity index (χ1v) is 17.1. The van der Waals surface area contributed by atoms with Crippen LogP contribution in [0.5, 0.6) is 17.2 Å². The number of oxime groups is 1. The zero-order valence-corrected chi connectivity index (χ0v) is 31.2. The largest absolute Gasteiger partial charge is 0.493 e. The van der Waals surface area contributed by atoms with Gasteiger partial charge in [-0.25, -0.2) is 0 Å². The minimum Gasteiger partial charge on any atom is -0.493 e. The molecular formula is C37H59NO11. The second kappa shape index (κ2) is 17.4. The number of rotatable bonds is 9. The third-order valence-corrected chi connectivity index (χ3v) is 10.1. The molecule has 2 saturated heterocycles. The monoisotopic (exact) mass is 693 g/mol. The van der Waals surface area contributed by atoms with Crippen LogP contribution in [0.25, 0.3) is 0 Å². The molecule has 0 spiro atoms. The molecule has 0 aliphatic carbocycles. The zero-order chi connectivity index (χ0) is 36.7. The molecule has 2 aliphatic rings. The van der Waals surface area contributed by atoms with Gasteiger partial charge in [0.25, 0.3) is 0 Å². The molecule has 2 heterocycles. The first-order chi connectivity index (χ1) is 23.0. The van der Waals surface area contributed by atoms with E-state index in [2.05, 4.69) is 18.7 Å². The molecular weight excluding hydrogens is 634 g/mol. The van der Waals surface area contributed by atoms with Crippen molar-refractivity contribution in [2.75, 3.05) is 28.4 Å². The summed E-state index contributed by atoms with van der Waals surface area (Å²) in [5, 5.41) is 26.8. The highest BCUT2D eigenvalue weighted by Gasteiger charge is 2.47. The molecule has 2 N–H and O–H groups in total. The maximum atomic E-state index is 13.6. The van der Waals surface area contributed by atoms with Gasteiger partial charge in [0, 0.05) is 19.4 Å². The Morgan fingerprint density at radius 2 is 1.63 bits per heavy atom. The van der Waals surface area contributed by atoms with Crippen molar-refractivity contribution in [2.45, 2.75) is 129 Å². The highest BCUT2D eigenvalue weighted by molar-refractivity contribution is 5.86. The van der Waals surface area contributed by atoms with E-state index in [-0.39, 0.29) is 31.3 Å². The fourth-order valence-corrected chi connectivity index (χ4v) is 6.61. The number of hydrogen-bond donors (Lipinski definition) is 2. The summed E-state index contributed by atoms with van der Waals surface area (Å²) in [6.45, 7) is 17.3. The third kappa shape index (κ3) is 10.1. The summed E-state index contributed by atoms with van der Waals surface area (Å²) in [5.74, 6) is 0.227. The van der Waals surface area contributed by atoms with Crippen LogP contribution in [0.2, 0.25) is 0 Å². The second-order valence-electron chi connectivity index (χ2n) is 14.2. The van der Waals surface area contributed by atoms with Gasteiger partial charge < -0.3 is 48.2 Å². The number of nitrogens with zero attached hydrogens (tertiary/aromatic N) is 1. The molecule has 2 fully saturated rings. The fraction of sp³-hybridized carbons (Fsp3) is 0.730. The van der Waals surface area contributed by atoms with Crippen molar-refractivity contribution < 1.29 is 53.0 Å². The third-order valence-electron chi connectivity index (χ3n) is 10.1.